The molecule has 2 aromatic carbocycles. The summed E-state index contributed by atoms with van der Waals surface area (Å²) in [6, 6.07) is 10.5. The van der Waals surface area contributed by atoms with E-state index in [-0.39, 0.29) is 36.3 Å². The molecule has 0 saturated carbocycles. The maximum absolute atomic E-state index is 13.4. The highest BCUT2D eigenvalue weighted by atomic mass is 35.5. The molecule has 2 heterocycles. The lowest BCUT2D eigenvalue weighted by Crippen LogP contribution is -2.55. The van der Waals surface area contributed by atoms with Crippen molar-refractivity contribution in [2.75, 3.05) is 13.2 Å². The molecule has 1 saturated heterocycles. The summed E-state index contributed by atoms with van der Waals surface area (Å²) in [5.41, 5.74) is 5.75. The van der Waals surface area contributed by atoms with Gasteiger partial charge in [-0.2, -0.15) is 13.2 Å². The van der Waals surface area contributed by atoms with E-state index in [0.717, 1.165) is 6.07 Å². The number of carbonyl (C=O) groups excluding carboxylic acids is 1. The number of hydrogen-bond donors (Lipinski definition) is 1. The van der Waals surface area contributed by atoms with Crippen molar-refractivity contribution in [2.24, 2.45) is 10.7 Å². The quantitative estimate of drug-likeness (QED) is 0.678. The van der Waals surface area contributed by atoms with Crippen LogP contribution in [0, 0.1) is 0 Å². The van der Waals surface area contributed by atoms with Gasteiger partial charge in [0.1, 0.15) is 0 Å². The maximum Gasteiger partial charge on any atom is 0.416 e. The molecule has 1 atom stereocenters. The third kappa shape index (κ3) is 4.73. The first-order valence-corrected chi connectivity index (χ1v) is 11.2. The standard InChI is InChI=1S/C24H25ClF3N3O2/c1-23(14-20(32)31(22(29)30-23)17-9-11-33-12-10-17)19-8-4-6-16(21(19)25)13-15-5-2-3-7-18(15)24(26,27)28/h2-8,17H,9-14H2,1H3,(H2,29,30)/t23-/m0/s1. The molecule has 2 aromatic rings. The smallest absolute Gasteiger partial charge is 0.381 e. The molecule has 2 N–H and O–H groups in total. The van der Waals surface area contributed by atoms with Crippen molar-refractivity contribution < 1.29 is 22.7 Å². The van der Waals surface area contributed by atoms with Crippen molar-refractivity contribution in [1.82, 2.24) is 4.90 Å². The largest absolute Gasteiger partial charge is 0.416 e. The van der Waals surface area contributed by atoms with Crippen LogP contribution in [-0.2, 0) is 27.7 Å². The van der Waals surface area contributed by atoms with Crippen LogP contribution in [0.4, 0.5) is 13.2 Å². The van der Waals surface area contributed by atoms with E-state index in [4.69, 9.17) is 22.1 Å². The fourth-order valence-electron chi connectivity index (χ4n) is 4.63. The van der Waals surface area contributed by atoms with Crippen molar-refractivity contribution in [3.05, 3.63) is 69.7 Å². The Bertz CT molecular complexity index is 1080. The van der Waals surface area contributed by atoms with Gasteiger partial charge in [0, 0.05) is 24.3 Å². The number of nitrogens with two attached hydrogens (primary N) is 1. The fourth-order valence-corrected chi connectivity index (χ4v) is 5.03. The van der Waals surface area contributed by atoms with Gasteiger partial charge in [-0.05, 0) is 48.9 Å². The third-order valence-electron chi connectivity index (χ3n) is 6.29. The Hall–Kier alpha value is -2.58. The molecule has 0 aliphatic carbocycles. The summed E-state index contributed by atoms with van der Waals surface area (Å²) in [7, 11) is 0. The molecule has 1 amide bonds. The van der Waals surface area contributed by atoms with E-state index >= 15 is 0 Å². The van der Waals surface area contributed by atoms with Crippen LogP contribution in [0.2, 0.25) is 5.02 Å². The van der Waals surface area contributed by atoms with Crippen LogP contribution in [0.25, 0.3) is 0 Å². The van der Waals surface area contributed by atoms with E-state index in [9.17, 15) is 18.0 Å². The fraction of sp³-hybridized carbons (Fsp3) is 0.417. The van der Waals surface area contributed by atoms with Gasteiger partial charge in [-0.15, -0.1) is 0 Å². The van der Waals surface area contributed by atoms with E-state index in [0.29, 0.717) is 42.2 Å². The van der Waals surface area contributed by atoms with Gasteiger partial charge in [-0.25, -0.2) is 4.99 Å². The molecule has 2 aliphatic rings. The Morgan fingerprint density at radius 2 is 1.82 bits per heavy atom. The number of halogens is 4. The summed E-state index contributed by atoms with van der Waals surface area (Å²) in [5.74, 6) is -0.0228. The lowest BCUT2D eigenvalue weighted by atomic mass is 9.85. The molecule has 0 unspecified atom stereocenters. The Balaban J connectivity index is 1.67. The van der Waals surface area contributed by atoms with Crippen LogP contribution >= 0.6 is 11.6 Å². The Morgan fingerprint density at radius 3 is 2.48 bits per heavy atom. The number of benzene rings is 2. The lowest BCUT2D eigenvalue weighted by Gasteiger charge is -2.40. The monoisotopic (exact) mass is 479 g/mol. The lowest BCUT2D eigenvalue weighted by molar-refractivity contribution is -0.138. The molecule has 2 aliphatic heterocycles. The average Bonchev–Trinajstić information content (AvgIpc) is 2.75. The van der Waals surface area contributed by atoms with Gasteiger partial charge in [-0.1, -0.05) is 48.0 Å². The number of amides is 1. The number of hydrogen-bond acceptors (Lipinski definition) is 4. The molecule has 5 nitrogen and oxygen atoms in total. The average molecular weight is 480 g/mol. The van der Waals surface area contributed by atoms with Crippen LogP contribution in [0.3, 0.4) is 0 Å². The molecule has 9 heteroatoms. The summed E-state index contributed by atoms with van der Waals surface area (Å²) in [5, 5.41) is 0.292. The summed E-state index contributed by atoms with van der Waals surface area (Å²) in [4.78, 5) is 19.3. The van der Waals surface area contributed by atoms with Crippen LogP contribution in [0.5, 0.6) is 0 Å². The highest BCUT2D eigenvalue weighted by Gasteiger charge is 2.42. The summed E-state index contributed by atoms with van der Waals surface area (Å²) in [6.07, 6.45) is -3.02. The highest BCUT2D eigenvalue weighted by molar-refractivity contribution is 6.32. The first-order valence-electron chi connectivity index (χ1n) is 10.8. The van der Waals surface area contributed by atoms with Crippen molar-refractivity contribution in [1.29, 1.82) is 0 Å². The highest BCUT2D eigenvalue weighted by Crippen LogP contribution is 2.40. The molecule has 0 spiro atoms. The minimum atomic E-state index is -4.46. The van der Waals surface area contributed by atoms with E-state index in [1.807, 2.05) is 0 Å². The number of carbonyl (C=O) groups is 1. The van der Waals surface area contributed by atoms with Crippen LogP contribution < -0.4 is 5.73 Å². The van der Waals surface area contributed by atoms with Gasteiger partial charge in [0.15, 0.2) is 5.96 Å². The number of aliphatic imine (C=N–C) groups is 1. The van der Waals surface area contributed by atoms with E-state index < -0.39 is 17.3 Å². The topological polar surface area (TPSA) is 67.9 Å². The molecule has 0 bridgehead atoms. The second-order valence-corrected chi connectivity index (χ2v) is 9.02. The van der Waals surface area contributed by atoms with Crippen LogP contribution in [0.15, 0.2) is 47.5 Å². The molecule has 4 rings (SSSR count). The number of ether oxygens (including phenoxy) is 1. The first-order chi connectivity index (χ1) is 15.6. The molecular weight excluding hydrogens is 455 g/mol. The van der Waals surface area contributed by atoms with Gasteiger partial charge < -0.3 is 10.5 Å². The number of alkyl halides is 3. The minimum Gasteiger partial charge on any atom is -0.381 e. The van der Waals surface area contributed by atoms with Gasteiger partial charge >= 0.3 is 6.18 Å². The van der Waals surface area contributed by atoms with E-state index in [1.54, 1.807) is 36.1 Å². The molecule has 1 fully saturated rings. The third-order valence-corrected chi connectivity index (χ3v) is 6.74. The Morgan fingerprint density at radius 1 is 1.15 bits per heavy atom. The van der Waals surface area contributed by atoms with E-state index in [1.165, 1.54) is 12.1 Å². The molecule has 176 valence electrons. The van der Waals surface area contributed by atoms with Crippen molar-refractivity contribution in [3.63, 3.8) is 0 Å². The number of guanidine groups is 1. The number of rotatable bonds is 4. The molecular formula is C24H25ClF3N3O2. The summed E-state index contributed by atoms with van der Waals surface area (Å²) in [6.45, 7) is 2.90. The van der Waals surface area contributed by atoms with Crippen LogP contribution in [-0.4, -0.2) is 36.0 Å². The normalized spacial score (nSPS) is 22.4. The van der Waals surface area contributed by atoms with Gasteiger partial charge in [-0.3, -0.25) is 9.69 Å². The van der Waals surface area contributed by atoms with Crippen molar-refractivity contribution >= 4 is 23.5 Å². The zero-order chi connectivity index (χ0) is 23.8. The zero-order valence-corrected chi connectivity index (χ0v) is 18.9. The molecule has 33 heavy (non-hydrogen) atoms. The van der Waals surface area contributed by atoms with E-state index in [2.05, 4.69) is 4.99 Å². The first kappa shape index (κ1) is 23.6. The second kappa shape index (κ2) is 8.99. The van der Waals surface area contributed by atoms with Gasteiger partial charge in [0.2, 0.25) is 5.91 Å². The summed E-state index contributed by atoms with van der Waals surface area (Å²) < 4.78 is 45.7. The zero-order valence-electron chi connectivity index (χ0n) is 18.2. The Kier molecular flexibility index (Phi) is 6.42. The Labute approximate surface area is 195 Å². The summed E-state index contributed by atoms with van der Waals surface area (Å²) >= 11 is 6.70. The van der Waals surface area contributed by atoms with Gasteiger partial charge in [0.05, 0.1) is 17.5 Å². The SMILES string of the molecule is C[C@@]1(c2cccc(Cc3ccccc3C(F)(F)F)c2Cl)CC(=O)N(C2CCOCC2)C(N)=N1. The predicted octanol–water partition coefficient (Wildman–Crippen LogP) is 4.89. The van der Waals surface area contributed by atoms with Crippen molar-refractivity contribution in [3.8, 4) is 0 Å². The van der Waals surface area contributed by atoms with Gasteiger partial charge in [0.25, 0.3) is 0 Å². The number of nitrogens with zero attached hydrogens (tertiary/aromatic N) is 2. The molecule has 0 aromatic heterocycles. The van der Waals surface area contributed by atoms with Crippen LogP contribution in [0.1, 0.15) is 48.4 Å². The van der Waals surface area contributed by atoms with Crippen molar-refractivity contribution in [2.45, 2.75) is 50.4 Å². The second-order valence-electron chi connectivity index (χ2n) is 8.64. The minimum absolute atomic E-state index is 0.000220. The maximum atomic E-state index is 13.4. The predicted molar refractivity (Wildman–Crippen MR) is 120 cm³/mol. The molecule has 0 radical (unpaired) electrons.